The first-order valence-corrected chi connectivity index (χ1v) is 10.8. The van der Waals surface area contributed by atoms with Crippen LogP contribution in [-0.2, 0) is 0 Å². The van der Waals surface area contributed by atoms with Gasteiger partial charge < -0.3 is 5.11 Å². The minimum absolute atomic E-state index is 0.0686. The summed E-state index contributed by atoms with van der Waals surface area (Å²) in [4.78, 5) is 28.7. The molecular weight excluding hydrogens is 577 g/mol. The summed E-state index contributed by atoms with van der Waals surface area (Å²) in [6.07, 6.45) is 3.23. The molecule has 0 bridgehead atoms. The molecule has 4 aromatic rings. The number of hydrogen-bond donors (Lipinski definition) is 1. The van der Waals surface area contributed by atoms with Crippen molar-refractivity contribution in [3.05, 3.63) is 101 Å². The van der Waals surface area contributed by atoms with Gasteiger partial charge in [-0.05, 0) is 77.2 Å². The molecule has 154 valence electrons. The number of halogens is 2. The van der Waals surface area contributed by atoms with E-state index in [1.807, 2.05) is 6.07 Å². The predicted molar refractivity (Wildman–Crippen MR) is 131 cm³/mol. The van der Waals surface area contributed by atoms with E-state index in [0.717, 1.165) is 8.04 Å². The Bertz CT molecular complexity index is 1430. The highest BCUT2D eigenvalue weighted by Crippen LogP contribution is 2.25. The van der Waals surface area contributed by atoms with Gasteiger partial charge in [0.25, 0.3) is 11.2 Å². The highest BCUT2D eigenvalue weighted by Gasteiger charge is 2.14. The van der Waals surface area contributed by atoms with Crippen molar-refractivity contribution in [2.24, 2.45) is 0 Å². The van der Waals surface area contributed by atoms with Crippen LogP contribution in [0, 0.1) is 13.7 Å². The number of rotatable bonds is 4. The van der Waals surface area contributed by atoms with Gasteiger partial charge in [0.15, 0.2) is 0 Å². The van der Waals surface area contributed by atoms with Crippen molar-refractivity contribution in [2.45, 2.75) is 0 Å². The number of aromatic nitrogens is 2. The maximum Gasteiger partial charge on any atom is 0.271 e. The molecule has 9 heteroatoms. The highest BCUT2D eigenvalue weighted by molar-refractivity contribution is 14.1. The first-order valence-electron chi connectivity index (χ1n) is 8.97. The third-order valence-electron chi connectivity index (χ3n) is 4.56. The van der Waals surface area contributed by atoms with Gasteiger partial charge in [0, 0.05) is 25.7 Å². The maximum atomic E-state index is 13.4. The number of non-ortho nitro benzene ring substituents is 1. The topological polar surface area (TPSA) is 98.3 Å². The second-order valence-corrected chi connectivity index (χ2v) is 8.75. The first-order chi connectivity index (χ1) is 14.8. The van der Waals surface area contributed by atoms with E-state index >= 15 is 0 Å². The standard InChI is InChI=1S/C22H13BrIN3O4/c23-14-5-8-20(28)13(10-14)4-9-21-25-19-7-6-15(24)11-18(19)22(29)26(21)16-2-1-3-17(12-16)27(30)31/h1-12,28H/b9-4+. The smallest absolute Gasteiger partial charge is 0.271 e. The number of phenols is 1. The van der Waals surface area contributed by atoms with Gasteiger partial charge in [-0.2, -0.15) is 0 Å². The molecule has 1 heterocycles. The molecule has 0 spiro atoms. The van der Waals surface area contributed by atoms with E-state index in [2.05, 4.69) is 43.5 Å². The molecule has 1 aromatic heterocycles. The number of aromatic hydroxyl groups is 1. The molecule has 0 aliphatic carbocycles. The molecule has 0 amide bonds. The Labute approximate surface area is 198 Å². The molecule has 0 fully saturated rings. The van der Waals surface area contributed by atoms with Gasteiger partial charge in [0.05, 0.1) is 21.5 Å². The van der Waals surface area contributed by atoms with Crippen molar-refractivity contribution in [3.63, 3.8) is 0 Å². The van der Waals surface area contributed by atoms with Crippen molar-refractivity contribution in [1.82, 2.24) is 9.55 Å². The van der Waals surface area contributed by atoms with E-state index in [1.54, 1.807) is 48.6 Å². The minimum Gasteiger partial charge on any atom is -0.507 e. The fourth-order valence-electron chi connectivity index (χ4n) is 3.11. The van der Waals surface area contributed by atoms with E-state index in [4.69, 9.17) is 0 Å². The predicted octanol–water partition coefficient (Wildman–Crippen LogP) is 5.54. The Morgan fingerprint density at radius 3 is 2.68 bits per heavy atom. The quantitative estimate of drug-likeness (QED) is 0.191. The molecule has 0 aliphatic rings. The van der Waals surface area contributed by atoms with Crippen LogP contribution < -0.4 is 5.56 Å². The zero-order valence-corrected chi connectivity index (χ0v) is 19.4. The zero-order valence-electron chi connectivity index (χ0n) is 15.7. The second-order valence-electron chi connectivity index (χ2n) is 6.59. The van der Waals surface area contributed by atoms with Gasteiger partial charge in [-0.15, -0.1) is 0 Å². The lowest BCUT2D eigenvalue weighted by Crippen LogP contribution is -2.22. The van der Waals surface area contributed by atoms with Gasteiger partial charge in [-0.25, -0.2) is 4.98 Å². The number of hydrogen-bond acceptors (Lipinski definition) is 5. The summed E-state index contributed by atoms with van der Waals surface area (Å²) in [7, 11) is 0. The number of benzene rings is 3. The van der Waals surface area contributed by atoms with Gasteiger partial charge in [0.1, 0.15) is 11.6 Å². The number of nitro benzene ring substituents is 1. The summed E-state index contributed by atoms with van der Waals surface area (Å²) >= 11 is 5.48. The fourth-order valence-corrected chi connectivity index (χ4v) is 3.98. The zero-order chi connectivity index (χ0) is 22.1. The SMILES string of the molecule is O=c1c2cc(I)ccc2nc(/C=C/c2cc(Br)ccc2O)n1-c1cccc([N+](=O)[O-])c1. The largest absolute Gasteiger partial charge is 0.507 e. The van der Waals surface area contributed by atoms with Crippen molar-refractivity contribution in [2.75, 3.05) is 0 Å². The molecule has 0 saturated heterocycles. The van der Waals surface area contributed by atoms with E-state index in [0.29, 0.717) is 22.2 Å². The third-order valence-corrected chi connectivity index (χ3v) is 5.72. The molecule has 0 unspecified atom stereocenters. The molecule has 7 nitrogen and oxygen atoms in total. The Hall–Kier alpha value is -3.05. The maximum absolute atomic E-state index is 13.4. The molecule has 4 rings (SSSR count). The van der Waals surface area contributed by atoms with Crippen molar-refractivity contribution in [1.29, 1.82) is 0 Å². The number of nitrogens with zero attached hydrogens (tertiary/aromatic N) is 3. The average Bonchev–Trinajstić information content (AvgIpc) is 2.75. The molecule has 1 N–H and O–H groups in total. The summed E-state index contributed by atoms with van der Waals surface area (Å²) in [5, 5.41) is 21.8. The lowest BCUT2D eigenvalue weighted by Gasteiger charge is -2.12. The number of phenolic OH excluding ortho intramolecular Hbond substituents is 1. The Morgan fingerprint density at radius 2 is 1.90 bits per heavy atom. The molecular formula is C22H13BrIN3O4. The third kappa shape index (κ3) is 4.37. The Morgan fingerprint density at radius 1 is 1.10 bits per heavy atom. The van der Waals surface area contributed by atoms with Crippen LogP contribution in [0.25, 0.3) is 28.7 Å². The van der Waals surface area contributed by atoms with Crippen LogP contribution >= 0.6 is 38.5 Å². The van der Waals surface area contributed by atoms with Crippen LogP contribution in [0.3, 0.4) is 0 Å². The van der Waals surface area contributed by atoms with Crippen LogP contribution in [0.5, 0.6) is 5.75 Å². The molecule has 0 radical (unpaired) electrons. The normalized spacial score (nSPS) is 11.3. The van der Waals surface area contributed by atoms with Gasteiger partial charge >= 0.3 is 0 Å². The second kappa shape index (κ2) is 8.60. The fraction of sp³-hybridized carbons (Fsp3) is 0. The van der Waals surface area contributed by atoms with E-state index in [-0.39, 0.29) is 22.8 Å². The average molecular weight is 590 g/mol. The molecule has 0 aliphatic heterocycles. The van der Waals surface area contributed by atoms with Gasteiger partial charge in [-0.3, -0.25) is 19.5 Å². The van der Waals surface area contributed by atoms with Crippen molar-refractivity contribution < 1.29 is 10.0 Å². The first kappa shape index (κ1) is 21.2. The van der Waals surface area contributed by atoms with Crippen LogP contribution in [0.1, 0.15) is 11.4 Å². The molecule has 31 heavy (non-hydrogen) atoms. The summed E-state index contributed by atoms with van der Waals surface area (Å²) in [5.41, 5.74) is 0.876. The Kier molecular flexibility index (Phi) is 5.88. The Balaban J connectivity index is 1.98. The van der Waals surface area contributed by atoms with Crippen LogP contribution in [0.4, 0.5) is 5.69 Å². The van der Waals surface area contributed by atoms with E-state index < -0.39 is 4.92 Å². The van der Waals surface area contributed by atoms with Crippen LogP contribution in [0.2, 0.25) is 0 Å². The van der Waals surface area contributed by atoms with Gasteiger partial charge in [0.2, 0.25) is 0 Å². The van der Waals surface area contributed by atoms with E-state index in [9.17, 15) is 20.0 Å². The lowest BCUT2D eigenvalue weighted by atomic mass is 10.1. The number of fused-ring (bicyclic) bond motifs is 1. The van der Waals surface area contributed by atoms with E-state index in [1.165, 1.54) is 22.8 Å². The number of nitro groups is 1. The minimum atomic E-state index is -0.513. The summed E-state index contributed by atoms with van der Waals surface area (Å²) in [6, 6.07) is 16.1. The molecule has 0 saturated carbocycles. The summed E-state index contributed by atoms with van der Waals surface area (Å²) in [5.74, 6) is 0.345. The van der Waals surface area contributed by atoms with Crippen LogP contribution in [-0.4, -0.2) is 19.6 Å². The van der Waals surface area contributed by atoms with Crippen LogP contribution in [0.15, 0.2) is 69.9 Å². The monoisotopic (exact) mass is 589 g/mol. The van der Waals surface area contributed by atoms with Crippen molar-refractivity contribution >= 4 is 67.3 Å². The summed E-state index contributed by atoms with van der Waals surface area (Å²) in [6.45, 7) is 0. The van der Waals surface area contributed by atoms with Gasteiger partial charge in [-0.1, -0.05) is 22.0 Å². The highest BCUT2D eigenvalue weighted by atomic mass is 127. The molecule has 0 atom stereocenters. The van der Waals surface area contributed by atoms with Crippen molar-refractivity contribution in [3.8, 4) is 11.4 Å². The summed E-state index contributed by atoms with van der Waals surface area (Å²) < 4.78 is 2.98. The lowest BCUT2D eigenvalue weighted by molar-refractivity contribution is -0.384. The molecule has 3 aromatic carbocycles.